The molecule has 0 aliphatic heterocycles. The summed E-state index contributed by atoms with van der Waals surface area (Å²) in [5.74, 6) is -0.553. The molecule has 5 nitrogen and oxygen atoms in total. The van der Waals surface area contributed by atoms with Crippen LogP contribution in [-0.2, 0) is 4.79 Å². The number of pyridine rings is 1. The average Bonchev–Trinajstić information content (AvgIpc) is 2.27. The summed E-state index contributed by atoms with van der Waals surface area (Å²) in [6, 6.07) is 2.96. The van der Waals surface area contributed by atoms with Gasteiger partial charge in [0.25, 0.3) is 5.91 Å². The van der Waals surface area contributed by atoms with E-state index < -0.39 is 0 Å². The van der Waals surface area contributed by atoms with Crippen LogP contribution in [0.1, 0.15) is 10.4 Å². The fourth-order valence-corrected chi connectivity index (χ4v) is 1.62. The number of rotatable bonds is 3. The summed E-state index contributed by atoms with van der Waals surface area (Å²) >= 11 is 11.5. The van der Waals surface area contributed by atoms with E-state index in [-0.39, 0.29) is 34.2 Å². The Kier molecular flexibility index (Phi) is 4.93. The Morgan fingerprint density at radius 3 is 2.33 bits per heavy atom. The molecule has 1 heterocycles. The molecule has 0 aliphatic rings. The molecule has 1 aromatic rings. The molecule has 0 bridgehead atoms. The van der Waals surface area contributed by atoms with Crippen LogP contribution < -0.4 is 0 Å². The summed E-state index contributed by atoms with van der Waals surface area (Å²) in [5, 5.41) is 0.236. The Hall–Kier alpha value is -1.33. The monoisotopic (exact) mass is 289 g/mol. The van der Waals surface area contributed by atoms with Gasteiger partial charge in [0.1, 0.15) is 10.3 Å². The molecule has 2 amide bonds. The van der Waals surface area contributed by atoms with E-state index in [9.17, 15) is 9.59 Å². The van der Waals surface area contributed by atoms with Gasteiger partial charge in [-0.3, -0.25) is 9.59 Å². The van der Waals surface area contributed by atoms with E-state index in [1.807, 2.05) is 0 Å². The van der Waals surface area contributed by atoms with Gasteiger partial charge in [-0.05, 0) is 12.1 Å². The number of likely N-dealkylation sites (N-methyl/N-ethyl adjacent to an activating group) is 2. The molecule has 0 aromatic carbocycles. The summed E-state index contributed by atoms with van der Waals surface area (Å²) in [4.78, 5) is 30.0. The molecule has 18 heavy (non-hydrogen) atoms. The van der Waals surface area contributed by atoms with Gasteiger partial charge in [0.05, 0.1) is 12.1 Å². The van der Waals surface area contributed by atoms with Crippen LogP contribution in [0.5, 0.6) is 0 Å². The molecule has 0 saturated carbocycles. The number of carbonyl (C=O) groups excluding carboxylic acids is 2. The molecule has 0 radical (unpaired) electrons. The molecule has 0 N–H and O–H groups in total. The minimum absolute atomic E-state index is 0.0230. The average molecular weight is 290 g/mol. The predicted molar refractivity (Wildman–Crippen MR) is 69.9 cm³/mol. The number of carbonyl (C=O) groups is 2. The molecule has 0 spiro atoms. The van der Waals surface area contributed by atoms with Crippen LogP contribution in [-0.4, -0.2) is 54.3 Å². The third-order valence-electron chi connectivity index (χ3n) is 2.26. The second-order valence-corrected chi connectivity index (χ2v) is 4.67. The maximum Gasteiger partial charge on any atom is 0.257 e. The smallest absolute Gasteiger partial charge is 0.257 e. The Morgan fingerprint density at radius 2 is 1.83 bits per heavy atom. The minimum Gasteiger partial charge on any atom is -0.347 e. The first-order chi connectivity index (χ1) is 8.32. The molecule has 1 aromatic heterocycles. The van der Waals surface area contributed by atoms with Crippen molar-refractivity contribution < 1.29 is 9.59 Å². The van der Waals surface area contributed by atoms with Gasteiger partial charge in [-0.25, -0.2) is 4.98 Å². The van der Waals surface area contributed by atoms with Crippen molar-refractivity contribution in [2.75, 3.05) is 27.7 Å². The zero-order chi connectivity index (χ0) is 13.9. The molecule has 0 atom stereocenters. The maximum absolute atomic E-state index is 12.0. The van der Waals surface area contributed by atoms with Crippen molar-refractivity contribution in [2.24, 2.45) is 0 Å². The van der Waals surface area contributed by atoms with Gasteiger partial charge in [-0.2, -0.15) is 0 Å². The van der Waals surface area contributed by atoms with Crippen molar-refractivity contribution in [1.29, 1.82) is 0 Å². The van der Waals surface area contributed by atoms with Gasteiger partial charge in [0, 0.05) is 21.1 Å². The highest BCUT2D eigenvalue weighted by Gasteiger charge is 2.19. The van der Waals surface area contributed by atoms with Crippen molar-refractivity contribution in [3.63, 3.8) is 0 Å². The lowest BCUT2D eigenvalue weighted by Gasteiger charge is -2.19. The lowest BCUT2D eigenvalue weighted by atomic mass is 10.2. The van der Waals surface area contributed by atoms with Gasteiger partial charge < -0.3 is 9.80 Å². The molecular formula is C11H13Cl2N3O2. The van der Waals surface area contributed by atoms with Crippen LogP contribution in [0.2, 0.25) is 10.3 Å². The van der Waals surface area contributed by atoms with E-state index in [1.165, 1.54) is 29.0 Å². The minimum atomic E-state index is -0.376. The van der Waals surface area contributed by atoms with Crippen molar-refractivity contribution in [2.45, 2.75) is 0 Å². The van der Waals surface area contributed by atoms with E-state index in [2.05, 4.69) is 4.98 Å². The third kappa shape index (κ3) is 3.58. The summed E-state index contributed by atoms with van der Waals surface area (Å²) < 4.78 is 0. The van der Waals surface area contributed by atoms with Gasteiger partial charge in [-0.1, -0.05) is 23.2 Å². The summed E-state index contributed by atoms with van der Waals surface area (Å²) in [6.45, 7) is -0.0230. The van der Waals surface area contributed by atoms with Crippen LogP contribution in [0.25, 0.3) is 0 Å². The lowest BCUT2D eigenvalue weighted by molar-refractivity contribution is -0.129. The van der Waals surface area contributed by atoms with Crippen molar-refractivity contribution in [3.05, 3.63) is 28.0 Å². The van der Waals surface area contributed by atoms with Crippen molar-refractivity contribution in [1.82, 2.24) is 14.8 Å². The highest BCUT2D eigenvalue weighted by molar-refractivity contribution is 6.34. The molecule has 0 aliphatic carbocycles. The van der Waals surface area contributed by atoms with E-state index in [1.54, 1.807) is 14.1 Å². The standard InChI is InChI=1S/C11H13Cl2N3O2/c1-15(2)9(17)6-16(3)11(18)7-4-5-8(12)14-10(7)13/h4-5H,6H2,1-3H3. The molecule has 0 saturated heterocycles. The lowest BCUT2D eigenvalue weighted by Crippen LogP contribution is -2.37. The van der Waals surface area contributed by atoms with Gasteiger partial charge in [0.2, 0.25) is 5.91 Å². The molecule has 0 unspecified atom stereocenters. The second kappa shape index (κ2) is 6.02. The first-order valence-corrected chi connectivity index (χ1v) is 5.86. The van der Waals surface area contributed by atoms with E-state index in [0.717, 1.165) is 0 Å². The van der Waals surface area contributed by atoms with Crippen LogP contribution >= 0.6 is 23.2 Å². The van der Waals surface area contributed by atoms with E-state index in [4.69, 9.17) is 23.2 Å². The Labute approximate surface area is 115 Å². The topological polar surface area (TPSA) is 53.5 Å². The zero-order valence-corrected chi connectivity index (χ0v) is 11.8. The molecular weight excluding hydrogens is 277 g/mol. The van der Waals surface area contributed by atoms with Crippen LogP contribution in [0, 0.1) is 0 Å². The summed E-state index contributed by atoms with van der Waals surface area (Å²) in [7, 11) is 4.77. The van der Waals surface area contributed by atoms with Gasteiger partial charge in [0.15, 0.2) is 0 Å². The number of hydrogen-bond acceptors (Lipinski definition) is 3. The van der Waals surface area contributed by atoms with Gasteiger partial charge in [-0.15, -0.1) is 0 Å². The molecule has 7 heteroatoms. The fraction of sp³-hybridized carbons (Fsp3) is 0.364. The van der Waals surface area contributed by atoms with Crippen LogP contribution in [0.4, 0.5) is 0 Å². The normalized spacial score (nSPS) is 10.1. The van der Waals surface area contributed by atoms with Gasteiger partial charge >= 0.3 is 0 Å². The summed E-state index contributed by atoms with van der Waals surface area (Å²) in [5.41, 5.74) is 0.218. The Balaban J connectivity index is 2.84. The van der Waals surface area contributed by atoms with E-state index in [0.29, 0.717) is 0 Å². The fourth-order valence-electron chi connectivity index (χ4n) is 1.19. The first-order valence-electron chi connectivity index (χ1n) is 5.10. The third-order valence-corrected chi connectivity index (χ3v) is 2.76. The van der Waals surface area contributed by atoms with Crippen molar-refractivity contribution in [3.8, 4) is 0 Å². The number of halogens is 2. The second-order valence-electron chi connectivity index (χ2n) is 3.92. The molecule has 0 fully saturated rings. The number of hydrogen-bond donors (Lipinski definition) is 0. The maximum atomic E-state index is 12.0. The number of aromatic nitrogens is 1. The Morgan fingerprint density at radius 1 is 1.22 bits per heavy atom. The molecule has 98 valence electrons. The zero-order valence-electron chi connectivity index (χ0n) is 10.3. The largest absolute Gasteiger partial charge is 0.347 e. The highest BCUT2D eigenvalue weighted by atomic mass is 35.5. The van der Waals surface area contributed by atoms with Crippen LogP contribution in [0.15, 0.2) is 12.1 Å². The number of amides is 2. The Bertz CT molecular complexity index is 477. The number of nitrogens with zero attached hydrogens (tertiary/aromatic N) is 3. The first kappa shape index (κ1) is 14.7. The SMILES string of the molecule is CN(C)C(=O)CN(C)C(=O)c1ccc(Cl)nc1Cl. The van der Waals surface area contributed by atoms with E-state index >= 15 is 0 Å². The molecule has 1 rings (SSSR count). The predicted octanol–water partition coefficient (Wildman–Crippen LogP) is 1.55. The summed E-state index contributed by atoms with van der Waals surface area (Å²) in [6.07, 6.45) is 0. The quantitative estimate of drug-likeness (QED) is 0.794. The van der Waals surface area contributed by atoms with Crippen LogP contribution in [0.3, 0.4) is 0 Å². The highest BCUT2D eigenvalue weighted by Crippen LogP contribution is 2.17. The van der Waals surface area contributed by atoms with Crippen molar-refractivity contribution >= 4 is 35.0 Å².